The maximum atomic E-state index is 11.7. The highest BCUT2D eigenvalue weighted by Gasteiger charge is 2.06. The minimum atomic E-state index is 0.0131. The SMILES string of the molecule is Cc1cnc(CNC(=O)CCc2ccccc2C)o1. The van der Waals surface area contributed by atoms with Gasteiger partial charge < -0.3 is 9.73 Å². The van der Waals surface area contributed by atoms with Crippen molar-refractivity contribution in [2.24, 2.45) is 0 Å². The Hall–Kier alpha value is -2.10. The molecule has 19 heavy (non-hydrogen) atoms. The number of hydrogen-bond acceptors (Lipinski definition) is 3. The number of oxazole rings is 1. The lowest BCUT2D eigenvalue weighted by Crippen LogP contribution is -2.23. The van der Waals surface area contributed by atoms with Crippen LogP contribution in [0.25, 0.3) is 0 Å². The Morgan fingerprint density at radius 1 is 1.32 bits per heavy atom. The smallest absolute Gasteiger partial charge is 0.220 e. The molecule has 1 aromatic heterocycles. The molecule has 1 aromatic carbocycles. The molecule has 4 heteroatoms. The topological polar surface area (TPSA) is 55.1 Å². The first-order valence-electron chi connectivity index (χ1n) is 6.37. The zero-order valence-electron chi connectivity index (χ0n) is 11.3. The van der Waals surface area contributed by atoms with E-state index >= 15 is 0 Å². The summed E-state index contributed by atoms with van der Waals surface area (Å²) < 4.78 is 5.29. The van der Waals surface area contributed by atoms with Crippen LogP contribution in [-0.4, -0.2) is 10.9 Å². The summed E-state index contributed by atoms with van der Waals surface area (Å²) in [6.07, 6.45) is 2.88. The van der Waals surface area contributed by atoms with E-state index in [1.165, 1.54) is 11.1 Å². The zero-order valence-corrected chi connectivity index (χ0v) is 11.3. The molecule has 0 aliphatic rings. The van der Waals surface area contributed by atoms with E-state index in [-0.39, 0.29) is 5.91 Å². The van der Waals surface area contributed by atoms with E-state index in [1.54, 1.807) is 6.20 Å². The van der Waals surface area contributed by atoms with Gasteiger partial charge in [0.1, 0.15) is 5.76 Å². The van der Waals surface area contributed by atoms with Gasteiger partial charge in [-0.15, -0.1) is 0 Å². The molecule has 2 rings (SSSR count). The average Bonchev–Trinajstić information content (AvgIpc) is 2.81. The first-order valence-corrected chi connectivity index (χ1v) is 6.37. The maximum absolute atomic E-state index is 11.7. The van der Waals surface area contributed by atoms with Gasteiger partial charge in [0.25, 0.3) is 0 Å². The van der Waals surface area contributed by atoms with Crippen LogP contribution in [0.2, 0.25) is 0 Å². The van der Waals surface area contributed by atoms with Crippen LogP contribution in [0, 0.1) is 13.8 Å². The number of aryl methyl sites for hydroxylation is 3. The summed E-state index contributed by atoms with van der Waals surface area (Å²) in [4.78, 5) is 15.8. The number of carbonyl (C=O) groups excluding carboxylic acids is 1. The molecule has 1 heterocycles. The fraction of sp³-hybridized carbons (Fsp3) is 0.333. The van der Waals surface area contributed by atoms with Crippen molar-refractivity contribution >= 4 is 5.91 Å². The molecule has 0 aliphatic heterocycles. The van der Waals surface area contributed by atoms with Gasteiger partial charge in [-0.3, -0.25) is 4.79 Å². The molecule has 0 fully saturated rings. The number of hydrogen-bond donors (Lipinski definition) is 1. The van der Waals surface area contributed by atoms with Gasteiger partial charge in [0.05, 0.1) is 12.7 Å². The number of rotatable bonds is 5. The summed E-state index contributed by atoms with van der Waals surface area (Å²) in [5, 5.41) is 2.81. The van der Waals surface area contributed by atoms with Crippen LogP contribution in [0.3, 0.4) is 0 Å². The van der Waals surface area contributed by atoms with Crippen molar-refractivity contribution in [3.8, 4) is 0 Å². The van der Waals surface area contributed by atoms with Crippen molar-refractivity contribution in [1.29, 1.82) is 0 Å². The Morgan fingerprint density at radius 2 is 2.11 bits per heavy atom. The van der Waals surface area contributed by atoms with Gasteiger partial charge in [-0.05, 0) is 31.4 Å². The Bertz CT molecular complexity index is 561. The van der Waals surface area contributed by atoms with E-state index in [4.69, 9.17) is 4.42 Å². The van der Waals surface area contributed by atoms with Gasteiger partial charge in [-0.25, -0.2) is 4.98 Å². The number of aromatic nitrogens is 1. The number of nitrogens with one attached hydrogen (secondary N) is 1. The molecule has 0 atom stereocenters. The zero-order chi connectivity index (χ0) is 13.7. The van der Waals surface area contributed by atoms with E-state index in [1.807, 2.05) is 19.1 Å². The second-order valence-electron chi connectivity index (χ2n) is 4.57. The van der Waals surface area contributed by atoms with E-state index < -0.39 is 0 Å². The van der Waals surface area contributed by atoms with Gasteiger partial charge in [0.15, 0.2) is 0 Å². The van der Waals surface area contributed by atoms with Gasteiger partial charge in [-0.2, -0.15) is 0 Å². The van der Waals surface area contributed by atoms with Crippen LogP contribution in [-0.2, 0) is 17.8 Å². The predicted molar refractivity (Wildman–Crippen MR) is 72.6 cm³/mol. The third-order valence-corrected chi connectivity index (χ3v) is 2.99. The minimum Gasteiger partial charge on any atom is -0.444 e. The first-order chi connectivity index (χ1) is 9.15. The lowest BCUT2D eigenvalue weighted by atomic mass is 10.0. The summed E-state index contributed by atoms with van der Waals surface area (Å²) in [5.41, 5.74) is 2.43. The molecule has 0 saturated heterocycles. The van der Waals surface area contributed by atoms with Crippen molar-refractivity contribution in [2.75, 3.05) is 0 Å². The highest BCUT2D eigenvalue weighted by Crippen LogP contribution is 2.09. The largest absolute Gasteiger partial charge is 0.444 e. The molecular formula is C15H18N2O2. The fourth-order valence-electron chi connectivity index (χ4n) is 1.88. The number of amides is 1. The summed E-state index contributed by atoms with van der Waals surface area (Å²) in [6, 6.07) is 8.11. The quantitative estimate of drug-likeness (QED) is 0.896. The van der Waals surface area contributed by atoms with Crippen LogP contribution >= 0.6 is 0 Å². The summed E-state index contributed by atoms with van der Waals surface area (Å²) >= 11 is 0. The second kappa shape index (κ2) is 6.18. The molecular weight excluding hydrogens is 240 g/mol. The molecule has 4 nitrogen and oxygen atoms in total. The number of nitrogens with zero attached hydrogens (tertiary/aromatic N) is 1. The van der Waals surface area contributed by atoms with Crippen LogP contribution in [0.5, 0.6) is 0 Å². The first kappa shape index (κ1) is 13.3. The van der Waals surface area contributed by atoms with Gasteiger partial charge in [0.2, 0.25) is 11.8 Å². The third-order valence-electron chi connectivity index (χ3n) is 2.99. The normalized spacial score (nSPS) is 10.4. The Labute approximate surface area is 112 Å². The highest BCUT2D eigenvalue weighted by molar-refractivity contribution is 5.76. The Balaban J connectivity index is 1.77. The lowest BCUT2D eigenvalue weighted by Gasteiger charge is -2.05. The minimum absolute atomic E-state index is 0.0131. The van der Waals surface area contributed by atoms with Crippen LogP contribution in [0.4, 0.5) is 0 Å². The van der Waals surface area contributed by atoms with E-state index in [2.05, 4.69) is 29.4 Å². The van der Waals surface area contributed by atoms with Crippen LogP contribution in [0.1, 0.15) is 29.2 Å². The predicted octanol–water partition coefficient (Wildman–Crippen LogP) is 2.54. The van der Waals surface area contributed by atoms with Crippen molar-refractivity contribution in [3.63, 3.8) is 0 Å². The van der Waals surface area contributed by atoms with Crippen LogP contribution in [0.15, 0.2) is 34.9 Å². The van der Waals surface area contributed by atoms with Crippen molar-refractivity contribution in [3.05, 3.63) is 53.2 Å². The molecule has 0 aliphatic carbocycles. The van der Waals surface area contributed by atoms with E-state index in [9.17, 15) is 4.79 Å². The monoisotopic (exact) mass is 258 g/mol. The van der Waals surface area contributed by atoms with Gasteiger partial charge in [0, 0.05) is 6.42 Å². The molecule has 2 aromatic rings. The molecule has 1 amide bonds. The molecule has 0 spiro atoms. The molecule has 0 radical (unpaired) electrons. The molecule has 0 saturated carbocycles. The van der Waals surface area contributed by atoms with Crippen molar-refractivity contribution in [2.45, 2.75) is 33.2 Å². The van der Waals surface area contributed by atoms with Gasteiger partial charge >= 0.3 is 0 Å². The Morgan fingerprint density at radius 3 is 2.79 bits per heavy atom. The summed E-state index contributed by atoms with van der Waals surface area (Å²) in [5.74, 6) is 1.31. The Kier molecular flexibility index (Phi) is 4.34. The molecule has 0 bridgehead atoms. The average molecular weight is 258 g/mol. The third kappa shape index (κ3) is 3.95. The van der Waals surface area contributed by atoms with Crippen LogP contribution < -0.4 is 5.32 Å². The summed E-state index contributed by atoms with van der Waals surface area (Å²) in [7, 11) is 0. The van der Waals surface area contributed by atoms with E-state index in [0.717, 1.165) is 12.2 Å². The van der Waals surface area contributed by atoms with E-state index in [0.29, 0.717) is 18.9 Å². The molecule has 100 valence electrons. The van der Waals surface area contributed by atoms with Crippen molar-refractivity contribution in [1.82, 2.24) is 10.3 Å². The second-order valence-corrected chi connectivity index (χ2v) is 4.57. The number of carbonyl (C=O) groups is 1. The van der Waals surface area contributed by atoms with Crippen molar-refractivity contribution < 1.29 is 9.21 Å². The highest BCUT2D eigenvalue weighted by atomic mass is 16.4. The fourth-order valence-corrected chi connectivity index (χ4v) is 1.88. The lowest BCUT2D eigenvalue weighted by molar-refractivity contribution is -0.121. The molecule has 1 N–H and O–H groups in total. The van der Waals surface area contributed by atoms with Gasteiger partial charge in [-0.1, -0.05) is 24.3 Å². The standard InChI is InChI=1S/C15H18N2O2/c1-11-5-3-4-6-13(11)7-8-14(18)16-10-15-17-9-12(2)19-15/h3-6,9H,7-8,10H2,1-2H3,(H,16,18). The number of benzene rings is 1. The summed E-state index contributed by atoms with van der Waals surface area (Å²) in [6.45, 7) is 4.24. The maximum Gasteiger partial charge on any atom is 0.220 e. The molecule has 0 unspecified atom stereocenters.